The lowest BCUT2D eigenvalue weighted by atomic mass is 10.00. The van der Waals surface area contributed by atoms with Crippen molar-refractivity contribution in [1.82, 2.24) is 9.97 Å². The first-order valence-corrected chi connectivity index (χ1v) is 9.28. The molecule has 1 saturated heterocycles. The maximum atomic E-state index is 12.9. The third-order valence-corrected chi connectivity index (χ3v) is 5.48. The largest absolute Gasteiger partial charge is 0.341 e. The number of nitrogens with zero attached hydrogens (tertiary/aromatic N) is 3. The molecule has 0 amide bonds. The molecule has 3 rings (SSSR count). The molecule has 0 saturated carbocycles. The predicted molar refractivity (Wildman–Crippen MR) is 89.9 cm³/mol. The zero-order valence-corrected chi connectivity index (χ0v) is 14.1. The van der Waals surface area contributed by atoms with Crippen LogP contribution in [0, 0.1) is 11.7 Å². The Hall–Kier alpha value is -2.22. The van der Waals surface area contributed by atoms with Gasteiger partial charge >= 0.3 is 0 Å². The van der Waals surface area contributed by atoms with Gasteiger partial charge in [0.1, 0.15) is 5.82 Å². The lowest BCUT2D eigenvalue weighted by Crippen LogP contribution is -2.34. The minimum absolute atomic E-state index is 0.0157. The molecule has 8 heteroatoms. The number of benzene rings is 1. The van der Waals surface area contributed by atoms with Crippen molar-refractivity contribution in [2.75, 3.05) is 22.7 Å². The molecule has 2 aromatic rings. The van der Waals surface area contributed by atoms with Gasteiger partial charge in [-0.05, 0) is 43.0 Å². The topological polar surface area (TPSA) is 75.2 Å². The second kappa shape index (κ2) is 6.72. The first-order valence-electron chi connectivity index (χ1n) is 7.79. The van der Waals surface area contributed by atoms with Crippen molar-refractivity contribution in [2.24, 2.45) is 5.92 Å². The summed E-state index contributed by atoms with van der Waals surface area (Å²) in [6, 6.07) is 4.63. The van der Waals surface area contributed by atoms with Crippen LogP contribution in [0.1, 0.15) is 19.8 Å². The van der Waals surface area contributed by atoms with Gasteiger partial charge in [0.15, 0.2) is 0 Å². The maximum absolute atomic E-state index is 12.9. The number of aromatic nitrogens is 2. The third-order valence-electron chi connectivity index (χ3n) is 4.08. The lowest BCUT2D eigenvalue weighted by Gasteiger charge is -2.30. The van der Waals surface area contributed by atoms with Crippen LogP contribution >= 0.6 is 0 Å². The maximum Gasteiger partial charge on any atom is 0.261 e. The molecule has 1 N–H and O–H groups in total. The van der Waals surface area contributed by atoms with Crippen LogP contribution < -0.4 is 9.62 Å². The summed E-state index contributed by atoms with van der Waals surface area (Å²) in [5.74, 6) is 0.826. The number of rotatable bonds is 4. The van der Waals surface area contributed by atoms with Crippen LogP contribution in [0.4, 0.5) is 16.0 Å². The second-order valence-corrected chi connectivity index (χ2v) is 7.68. The molecule has 128 valence electrons. The van der Waals surface area contributed by atoms with Crippen LogP contribution in [-0.4, -0.2) is 31.5 Å². The van der Waals surface area contributed by atoms with E-state index in [-0.39, 0.29) is 10.6 Å². The highest BCUT2D eigenvalue weighted by molar-refractivity contribution is 7.92. The van der Waals surface area contributed by atoms with E-state index in [1.807, 2.05) is 0 Å². The molecule has 0 aliphatic carbocycles. The Labute approximate surface area is 140 Å². The van der Waals surface area contributed by atoms with Gasteiger partial charge < -0.3 is 4.90 Å². The summed E-state index contributed by atoms with van der Waals surface area (Å²) >= 11 is 0. The van der Waals surface area contributed by atoms with Gasteiger partial charge in [-0.3, -0.25) is 4.72 Å². The number of halogens is 1. The van der Waals surface area contributed by atoms with E-state index in [1.54, 1.807) is 0 Å². The van der Waals surface area contributed by atoms with E-state index in [2.05, 4.69) is 26.5 Å². The molecule has 0 unspecified atom stereocenters. The predicted octanol–water partition coefficient (Wildman–Crippen LogP) is 2.65. The van der Waals surface area contributed by atoms with Gasteiger partial charge in [-0.1, -0.05) is 6.92 Å². The zero-order valence-electron chi connectivity index (χ0n) is 13.3. The molecule has 1 aliphatic rings. The fourth-order valence-electron chi connectivity index (χ4n) is 2.57. The number of piperidine rings is 1. The van der Waals surface area contributed by atoms with Gasteiger partial charge in [0, 0.05) is 13.1 Å². The smallest absolute Gasteiger partial charge is 0.261 e. The number of hydrogen-bond donors (Lipinski definition) is 1. The van der Waals surface area contributed by atoms with E-state index in [0.29, 0.717) is 11.9 Å². The molecule has 2 heterocycles. The SMILES string of the molecule is CC1CCN(c2ncc(NS(=O)(=O)c3ccc(F)cc3)cn2)CC1. The third kappa shape index (κ3) is 3.81. The Morgan fingerprint density at radius 2 is 1.71 bits per heavy atom. The average Bonchev–Trinajstić information content (AvgIpc) is 2.56. The summed E-state index contributed by atoms with van der Waals surface area (Å²) in [6.45, 7) is 4.04. The Kier molecular flexibility index (Phi) is 4.66. The first-order chi connectivity index (χ1) is 11.4. The van der Waals surface area contributed by atoms with Gasteiger partial charge in [0.25, 0.3) is 10.0 Å². The molecule has 1 aliphatic heterocycles. The standard InChI is InChI=1S/C16H19FN4O2S/c1-12-6-8-21(9-7-12)16-18-10-14(11-19-16)20-24(22,23)15-4-2-13(17)3-5-15/h2-5,10-12,20H,6-9H2,1H3. The fourth-order valence-corrected chi connectivity index (χ4v) is 3.60. The Morgan fingerprint density at radius 1 is 1.12 bits per heavy atom. The number of hydrogen-bond acceptors (Lipinski definition) is 5. The van der Waals surface area contributed by atoms with Gasteiger partial charge in [0.2, 0.25) is 5.95 Å². The number of nitrogens with one attached hydrogen (secondary N) is 1. The molecule has 1 fully saturated rings. The summed E-state index contributed by atoms with van der Waals surface area (Å²) in [5.41, 5.74) is 0.272. The molecule has 6 nitrogen and oxygen atoms in total. The highest BCUT2D eigenvalue weighted by atomic mass is 32.2. The van der Waals surface area contributed by atoms with E-state index < -0.39 is 15.8 Å². The van der Waals surface area contributed by atoms with Crippen LogP contribution in [0.5, 0.6) is 0 Å². The molecule has 1 aromatic carbocycles. The summed E-state index contributed by atoms with van der Waals surface area (Å²) in [5, 5.41) is 0. The quantitative estimate of drug-likeness (QED) is 0.917. The Balaban J connectivity index is 1.70. The average molecular weight is 350 g/mol. The molecule has 0 radical (unpaired) electrons. The van der Waals surface area contributed by atoms with E-state index in [0.717, 1.165) is 38.1 Å². The minimum atomic E-state index is -3.79. The first kappa shape index (κ1) is 16.6. The monoisotopic (exact) mass is 350 g/mol. The van der Waals surface area contributed by atoms with Gasteiger partial charge in [-0.2, -0.15) is 0 Å². The van der Waals surface area contributed by atoms with E-state index in [1.165, 1.54) is 24.5 Å². The summed E-state index contributed by atoms with van der Waals surface area (Å²) < 4.78 is 39.8. The van der Waals surface area contributed by atoms with Crippen LogP contribution in [0.15, 0.2) is 41.6 Å². The van der Waals surface area contributed by atoms with E-state index in [9.17, 15) is 12.8 Å². The van der Waals surface area contributed by atoms with Crippen molar-refractivity contribution < 1.29 is 12.8 Å². The van der Waals surface area contributed by atoms with Crippen LogP contribution in [0.2, 0.25) is 0 Å². The Morgan fingerprint density at radius 3 is 2.29 bits per heavy atom. The molecular formula is C16H19FN4O2S. The second-order valence-electron chi connectivity index (χ2n) is 6.00. The van der Waals surface area contributed by atoms with Crippen molar-refractivity contribution in [3.05, 3.63) is 42.5 Å². The summed E-state index contributed by atoms with van der Waals surface area (Å²) in [4.78, 5) is 10.6. The van der Waals surface area contributed by atoms with Gasteiger partial charge in [-0.25, -0.2) is 22.8 Å². The molecule has 24 heavy (non-hydrogen) atoms. The minimum Gasteiger partial charge on any atom is -0.341 e. The Bertz CT molecular complexity index is 786. The van der Waals surface area contributed by atoms with Crippen LogP contribution in [-0.2, 0) is 10.0 Å². The summed E-state index contributed by atoms with van der Waals surface area (Å²) in [7, 11) is -3.79. The van der Waals surface area contributed by atoms with Crippen molar-refractivity contribution in [1.29, 1.82) is 0 Å². The van der Waals surface area contributed by atoms with E-state index in [4.69, 9.17) is 0 Å². The fraction of sp³-hybridized carbons (Fsp3) is 0.375. The molecule has 0 atom stereocenters. The van der Waals surface area contributed by atoms with E-state index >= 15 is 0 Å². The van der Waals surface area contributed by atoms with Crippen molar-refractivity contribution in [2.45, 2.75) is 24.7 Å². The van der Waals surface area contributed by atoms with Crippen LogP contribution in [0.3, 0.4) is 0 Å². The molecule has 1 aromatic heterocycles. The highest BCUT2D eigenvalue weighted by Gasteiger charge is 2.19. The van der Waals surface area contributed by atoms with Crippen LogP contribution in [0.25, 0.3) is 0 Å². The molecular weight excluding hydrogens is 331 g/mol. The molecule has 0 bridgehead atoms. The highest BCUT2D eigenvalue weighted by Crippen LogP contribution is 2.21. The zero-order chi connectivity index (χ0) is 17.2. The summed E-state index contributed by atoms with van der Waals surface area (Å²) in [6.07, 6.45) is 5.09. The number of sulfonamides is 1. The van der Waals surface area contributed by atoms with Crippen molar-refractivity contribution in [3.8, 4) is 0 Å². The van der Waals surface area contributed by atoms with Crippen molar-refractivity contribution >= 4 is 21.7 Å². The number of anilines is 2. The van der Waals surface area contributed by atoms with Gasteiger partial charge in [0.05, 0.1) is 23.0 Å². The molecule has 0 spiro atoms. The van der Waals surface area contributed by atoms with Gasteiger partial charge in [-0.15, -0.1) is 0 Å². The normalized spacial score (nSPS) is 16.2. The van der Waals surface area contributed by atoms with Crippen molar-refractivity contribution in [3.63, 3.8) is 0 Å². The lowest BCUT2D eigenvalue weighted by molar-refractivity contribution is 0.434.